The number of hydrogen-bond acceptors (Lipinski definition) is 5. The molecule has 0 aliphatic rings. The van der Waals surface area contributed by atoms with Gasteiger partial charge in [0.15, 0.2) is 5.78 Å². The van der Waals surface area contributed by atoms with Gasteiger partial charge in [0.25, 0.3) is 0 Å². The lowest BCUT2D eigenvalue weighted by Gasteiger charge is -2.09. The molecule has 0 fully saturated rings. The number of phenols is 1. The maximum absolute atomic E-state index is 12.7. The van der Waals surface area contributed by atoms with Crippen LogP contribution in [0.2, 0.25) is 0 Å². The minimum atomic E-state index is -3.59. The van der Waals surface area contributed by atoms with Gasteiger partial charge < -0.3 is 9.84 Å². The number of rotatable bonds is 6. The molecule has 0 atom stereocenters. The molecule has 0 saturated carbocycles. The molecule has 0 spiro atoms. The van der Waals surface area contributed by atoms with Crippen LogP contribution in [0.4, 0.5) is 0 Å². The van der Waals surface area contributed by atoms with Gasteiger partial charge in [-0.2, -0.15) is 0 Å². The van der Waals surface area contributed by atoms with Crippen LogP contribution < -0.4 is 4.74 Å². The molecule has 0 unspecified atom stereocenters. The Balaban J connectivity index is 1.49. The Labute approximate surface area is 186 Å². The summed E-state index contributed by atoms with van der Waals surface area (Å²) in [5.74, 6) is 0.617. The lowest BCUT2D eigenvalue weighted by Crippen LogP contribution is -2.02. The van der Waals surface area contributed by atoms with Crippen LogP contribution in [0.15, 0.2) is 107 Å². The van der Waals surface area contributed by atoms with Gasteiger partial charge in [0.2, 0.25) is 9.84 Å². The summed E-state index contributed by atoms with van der Waals surface area (Å²) in [4.78, 5) is 13.0. The Morgan fingerprint density at radius 2 is 1.31 bits per heavy atom. The average molecular weight is 445 g/mol. The number of sulfone groups is 1. The van der Waals surface area contributed by atoms with Crippen molar-refractivity contribution in [2.45, 2.75) is 16.7 Å². The van der Waals surface area contributed by atoms with Crippen molar-refractivity contribution in [2.24, 2.45) is 0 Å². The van der Waals surface area contributed by atoms with E-state index >= 15 is 0 Å². The molecular weight excluding hydrogens is 424 g/mol. The van der Waals surface area contributed by atoms with E-state index < -0.39 is 9.84 Å². The number of carbonyl (C=O) groups excluding carboxylic acids is 1. The first kappa shape index (κ1) is 21.3. The Hall–Kier alpha value is -3.90. The number of ketones is 1. The van der Waals surface area contributed by atoms with Crippen LogP contribution in [0.3, 0.4) is 0 Å². The van der Waals surface area contributed by atoms with Gasteiger partial charge in [0.05, 0.1) is 15.4 Å². The number of benzene rings is 4. The SMILES string of the molecule is Cc1ccc(C(=O)c2ccc(Oc3ccc(S(=O)(=O)c4ccccc4)cc3)cc2)c(O)c1. The number of hydrogen-bond donors (Lipinski definition) is 1. The van der Waals surface area contributed by atoms with E-state index in [9.17, 15) is 18.3 Å². The van der Waals surface area contributed by atoms with E-state index in [0.717, 1.165) is 5.56 Å². The topological polar surface area (TPSA) is 80.7 Å². The third-order valence-electron chi connectivity index (χ3n) is 4.94. The lowest BCUT2D eigenvalue weighted by molar-refractivity contribution is 0.103. The van der Waals surface area contributed by atoms with Gasteiger partial charge in [-0.3, -0.25) is 4.79 Å². The zero-order valence-electron chi connectivity index (χ0n) is 17.2. The minimum absolute atomic E-state index is 0.0547. The Kier molecular flexibility index (Phi) is 5.79. The maximum atomic E-state index is 12.7. The van der Waals surface area contributed by atoms with Crippen molar-refractivity contribution in [2.75, 3.05) is 0 Å². The Bertz CT molecular complexity index is 1360. The van der Waals surface area contributed by atoms with Crippen LogP contribution in [0.25, 0.3) is 0 Å². The van der Waals surface area contributed by atoms with E-state index in [0.29, 0.717) is 17.1 Å². The smallest absolute Gasteiger partial charge is 0.206 e. The highest BCUT2D eigenvalue weighted by molar-refractivity contribution is 7.91. The zero-order chi connectivity index (χ0) is 22.7. The molecule has 0 saturated heterocycles. The van der Waals surface area contributed by atoms with Crippen LogP contribution in [0.1, 0.15) is 21.5 Å². The largest absolute Gasteiger partial charge is 0.507 e. The molecular formula is C26H20O5S. The van der Waals surface area contributed by atoms with Crippen molar-refractivity contribution in [1.82, 2.24) is 0 Å². The highest BCUT2D eigenvalue weighted by Gasteiger charge is 2.17. The van der Waals surface area contributed by atoms with Gasteiger partial charge in [0, 0.05) is 5.56 Å². The summed E-state index contributed by atoms with van der Waals surface area (Å²) in [6.07, 6.45) is 0. The molecule has 32 heavy (non-hydrogen) atoms. The average Bonchev–Trinajstić information content (AvgIpc) is 2.80. The fourth-order valence-electron chi connectivity index (χ4n) is 3.22. The van der Waals surface area contributed by atoms with Crippen LogP contribution >= 0.6 is 0 Å². The molecule has 6 heteroatoms. The molecule has 0 aliphatic heterocycles. The first-order valence-electron chi connectivity index (χ1n) is 9.87. The predicted molar refractivity (Wildman–Crippen MR) is 121 cm³/mol. The number of ether oxygens (including phenoxy) is 1. The van der Waals surface area contributed by atoms with Gasteiger partial charge in [-0.15, -0.1) is 0 Å². The first-order valence-corrected chi connectivity index (χ1v) is 11.4. The van der Waals surface area contributed by atoms with Gasteiger partial charge in [-0.1, -0.05) is 24.3 Å². The summed E-state index contributed by atoms with van der Waals surface area (Å²) in [5, 5.41) is 10.0. The summed E-state index contributed by atoms with van der Waals surface area (Å²) < 4.78 is 31.1. The molecule has 4 aromatic carbocycles. The zero-order valence-corrected chi connectivity index (χ0v) is 18.0. The van der Waals surface area contributed by atoms with Crippen molar-refractivity contribution < 1.29 is 23.1 Å². The van der Waals surface area contributed by atoms with Crippen molar-refractivity contribution in [3.63, 3.8) is 0 Å². The van der Waals surface area contributed by atoms with E-state index in [4.69, 9.17) is 4.74 Å². The fourth-order valence-corrected chi connectivity index (χ4v) is 4.50. The second kappa shape index (κ2) is 8.69. The second-order valence-electron chi connectivity index (χ2n) is 7.26. The number of carbonyl (C=O) groups is 1. The Morgan fingerprint density at radius 1 is 0.750 bits per heavy atom. The summed E-state index contributed by atoms with van der Waals surface area (Å²) in [5.41, 5.74) is 1.52. The fraction of sp³-hybridized carbons (Fsp3) is 0.0385. The molecule has 0 bridgehead atoms. The molecule has 0 heterocycles. The highest BCUT2D eigenvalue weighted by Crippen LogP contribution is 2.27. The molecule has 160 valence electrons. The molecule has 4 aromatic rings. The standard InChI is InChI=1S/C26H20O5S/c1-18-7-16-24(25(27)17-18)26(28)19-8-10-20(11-9-19)31-21-12-14-23(15-13-21)32(29,30)22-5-3-2-4-6-22/h2-17,27H,1H3. The minimum Gasteiger partial charge on any atom is -0.507 e. The summed E-state index contributed by atoms with van der Waals surface area (Å²) in [6.45, 7) is 1.84. The molecule has 0 aliphatic carbocycles. The van der Waals surface area contributed by atoms with Gasteiger partial charge in [-0.25, -0.2) is 8.42 Å². The molecule has 0 aromatic heterocycles. The van der Waals surface area contributed by atoms with Gasteiger partial charge >= 0.3 is 0 Å². The van der Waals surface area contributed by atoms with E-state index in [2.05, 4.69) is 0 Å². The van der Waals surface area contributed by atoms with E-state index in [-0.39, 0.29) is 26.9 Å². The molecule has 1 N–H and O–H groups in total. The quantitative estimate of drug-likeness (QED) is 0.394. The monoisotopic (exact) mass is 444 g/mol. The van der Waals surface area contributed by atoms with Gasteiger partial charge in [-0.05, 0) is 85.3 Å². The number of phenolic OH excluding ortho intramolecular Hbond substituents is 1. The van der Waals surface area contributed by atoms with E-state index in [1.54, 1.807) is 84.9 Å². The summed E-state index contributed by atoms with van der Waals surface area (Å²) in [6, 6.07) is 25.8. The third-order valence-corrected chi connectivity index (χ3v) is 6.72. The lowest BCUT2D eigenvalue weighted by atomic mass is 10.0. The maximum Gasteiger partial charge on any atom is 0.206 e. The summed E-state index contributed by atoms with van der Waals surface area (Å²) in [7, 11) is -3.59. The van der Waals surface area contributed by atoms with Gasteiger partial charge in [0.1, 0.15) is 17.2 Å². The van der Waals surface area contributed by atoms with Crippen molar-refractivity contribution in [1.29, 1.82) is 0 Å². The molecule has 4 rings (SSSR count). The van der Waals surface area contributed by atoms with Crippen molar-refractivity contribution in [3.8, 4) is 17.2 Å². The second-order valence-corrected chi connectivity index (χ2v) is 9.21. The number of aryl methyl sites for hydroxylation is 1. The highest BCUT2D eigenvalue weighted by atomic mass is 32.2. The summed E-state index contributed by atoms with van der Waals surface area (Å²) >= 11 is 0. The molecule has 5 nitrogen and oxygen atoms in total. The first-order chi connectivity index (χ1) is 15.3. The predicted octanol–water partition coefficient (Wildman–Crippen LogP) is 5.56. The van der Waals surface area contributed by atoms with Crippen LogP contribution in [0.5, 0.6) is 17.2 Å². The van der Waals surface area contributed by atoms with E-state index in [1.165, 1.54) is 12.1 Å². The molecule has 0 amide bonds. The third kappa shape index (κ3) is 4.40. The van der Waals surface area contributed by atoms with Crippen molar-refractivity contribution >= 4 is 15.6 Å². The van der Waals surface area contributed by atoms with Crippen molar-refractivity contribution in [3.05, 3.63) is 114 Å². The van der Waals surface area contributed by atoms with E-state index in [1.807, 2.05) is 6.92 Å². The van der Waals surface area contributed by atoms with Crippen LogP contribution in [0, 0.1) is 6.92 Å². The normalized spacial score (nSPS) is 11.2. The number of aromatic hydroxyl groups is 1. The Morgan fingerprint density at radius 3 is 1.91 bits per heavy atom. The van der Waals surface area contributed by atoms with Crippen LogP contribution in [-0.2, 0) is 9.84 Å². The molecule has 0 radical (unpaired) electrons. The van der Waals surface area contributed by atoms with Crippen LogP contribution in [-0.4, -0.2) is 19.3 Å².